The Morgan fingerprint density at radius 2 is 1.85 bits per heavy atom. The number of carbonyl (C=O) groups is 1. The number of piperazine rings is 1. The standard InChI is InChI=1S/C21H22BrN3O2/c22-16-6-7-19-17(12-16)18(13-23-19)20(21(26)27)25-10-8-24(9-11-25)14-15-4-2-1-3-5-15/h1-7,12-13,20,23H,8-11,14H2,(H,26,27)/t20-/m0/s1. The Morgan fingerprint density at radius 1 is 1.11 bits per heavy atom. The van der Waals surface area contributed by atoms with E-state index in [0.717, 1.165) is 53.7 Å². The summed E-state index contributed by atoms with van der Waals surface area (Å²) in [5, 5.41) is 10.9. The van der Waals surface area contributed by atoms with Crippen LogP contribution in [0.2, 0.25) is 0 Å². The molecule has 0 unspecified atom stereocenters. The Labute approximate surface area is 166 Å². The highest BCUT2D eigenvalue weighted by Gasteiger charge is 2.32. The second-order valence-electron chi connectivity index (χ2n) is 6.97. The van der Waals surface area contributed by atoms with Crippen LogP contribution in [0.3, 0.4) is 0 Å². The summed E-state index contributed by atoms with van der Waals surface area (Å²) in [7, 11) is 0. The lowest BCUT2D eigenvalue weighted by atomic mass is 10.0. The smallest absolute Gasteiger partial charge is 0.325 e. The van der Waals surface area contributed by atoms with Gasteiger partial charge in [-0.25, -0.2) is 0 Å². The Bertz CT molecular complexity index is 933. The van der Waals surface area contributed by atoms with Crippen molar-refractivity contribution < 1.29 is 9.90 Å². The molecular formula is C21H22BrN3O2. The van der Waals surface area contributed by atoms with E-state index in [9.17, 15) is 9.90 Å². The summed E-state index contributed by atoms with van der Waals surface area (Å²) in [6, 6.07) is 15.7. The third kappa shape index (κ3) is 3.93. The predicted octanol–water partition coefficient (Wildman–Crippen LogP) is 3.87. The summed E-state index contributed by atoms with van der Waals surface area (Å²) < 4.78 is 0.952. The number of aromatic amines is 1. The molecule has 1 aliphatic rings. The van der Waals surface area contributed by atoms with Crippen LogP contribution in [0.5, 0.6) is 0 Å². The van der Waals surface area contributed by atoms with Crippen LogP contribution in [-0.4, -0.2) is 52.0 Å². The third-order valence-corrected chi connectivity index (χ3v) is 5.72. The van der Waals surface area contributed by atoms with Gasteiger partial charge in [0.15, 0.2) is 0 Å². The molecule has 2 aromatic carbocycles. The van der Waals surface area contributed by atoms with Crippen LogP contribution < -0.4 is 0 Å². The third-order valence-electron chi connectivity index (χ3n) is 5.23. The zero-order valence-electron chi connectivity index (χ0n) is 14.9. The molecule has 1 aliphatic heterocycles. The summed E-state index contributed by atoms with van der Waals surface area (Å²) in [6.45, 7) is 4.12. The Hall–Kier alpha value is -2.15. The minimum atomic E-state index is -0.799. The van der Waals surface area contributed by atoms with Gasteiger partial charge in [-0.15, -0.1) is 0 Å². The molecular weight excluding hydrogens is 406 g/mol. The fraction of sp³-hybridized carbons (Fsp3) is 0.286. The number of carboxylic acids is 1. The number of aliphatic carboxylic acids is 1. The van der Waals surface area contributed by atoms with E-state index in [1.807, 2.05) is 30.5 Å². The molecule has 3 aromatic rings. The molecule has 2 N–H and O–H groups in total. The van der Waals surface area contributed by atoms with Gasteiger partial charge in [0.05, 0.1) is 0 Å². The number of carboxylic acid groups (broad SMARTS) is 1. The first-order chi connectivity index (χ1) is 13.1. The average Bonchev–Trinajstić information content (AvgIpc) is 3.07. The summed E-state index contributed by atoms with van der Waals surface area (Å²) in [4.78, 5) is 19.8. The van der Waals surface area contributed by atoms with Crippen molar-refractivity contribution in [3.8, 4) is 0 Å². The van der Waals surface area contributed by atoms with E-state index in [2.05, 4.69) is 55.0 Å². The first kappa shape index (κ1) is 18.2. The second-order valence-corrected chi connectivity index (χ2v) is 7.89. The van der Waals surface area contributed by atoms with Crippen molar-refractivity contribution in [1.82, 2.24) is 14.8 Å². The monoisotopic (exact) mass is 427 g/mol. The SMILES string of the molecule is O=C(O)[C@H](c1c[nH]c2ccc(Br)cc12)N1CCN(Cc2ccccc2)CC1. The number of benzene rings is 2. The van der Waals surface area contributed by atoms with E-state index >= 15 is 0 Å². The van der Waals surface area contributed by atoms with Crippen molar-refractivity contribution in [2.45, 2.75) is 12.6 Å². The molecule has 2 heterocycles. The lowest BCUT2D eigenvalue weighted by Crippen LogP contribution is -2.48. The minimum Gasteiger partial charge on any atom is -0.480 e. The van der Waals surface area contributed by atoms with Crippen LogP contribution >= 0.6 is 15.9 Å². The fourth-order valence-corrected chi connectivity index (χ4v) is 4.21. The van der Waals surface area contributed by atoms with E-state index in [1.54, 1.807) is 0 Å². The summed E-state index contributed by atoms with van der Waals surface area (Å²) in [5.74, 6) is -0.799. The molecule has 6 heteroatoms. The maximum Gasteiger partial charge on any atom is 0.325 e. The summed E-state index contributed by atoms with van der Waals surface area (Å²) in [5.41, 5.74) is 3.08. The number of nitrogens with one attached hydrogen (secondary N) is 1. The summed E-state index contributed by atoms with van der Waals surface area (Å²) in [6.07, 6.45) is 1.84. The van der Waals surface area contributed by atoms with Crippen molar-refractivity contribution in [2.75, 3.05) is 26.2 Å². The van der Waals surface area contributed by atoms with Crippen molar-refractivity contribution in [2.24, 2.45) is 0 Å². The molecule has 0 bridgehead atoms. The van der Waals surface area contributed by atoms with Gasteiger partial charge in [0.2, 0.25) is 0 Å². The van der Waals surface area contributed by atoms with E-state index < -0.39 is 12.0 Å². The first-order valence-corrected chi connectivity index (χ1v) is 9.91. The Morgan fingerprint density at radius 3 is 2.56 bits per heavy atom. The van der Waals surface area contributed by atoms with Crippen LogP contribution in [0, 0.1) is 0 Å². The Balaban J connectivity index is 1.50. The van der Waals surface area contributed by atoms with Crippen LogP contribution in [0.1, 0.15) is 17.2 Å². The highest BCUT2D eigenvalue weighted by molar-refractivity contribution is 9.10. The molecule has 1 fully saturated rings. The molecule has 0 radical (unpaired) electrons. The number of rotatable bonds is 5. The van der Waals surface area contributed by atoms with Gasteiger partial charge in [0.1, 0.15) is 6.04 Å². The van der Waals surface area contributed by atoms with Gasteiger partial charge in [-0.1, -0.05) is 46.3 Å². The number of hydrogen-bond acceptors (Lipinski definition) is 3. The van der Waals surface area contributed by atoms with Crippen molar-refractivity contribution in [3.63, 3.8) is 0 Å². The van der Waals surface area contributed by atoms with Gasteiger partial charge in [-0.2, -0.15) is 0 Å². The molecule has 0 amide bonds. The predicted molar refractivity (Wildman–Crippen MR) is 110 cm³/mol. The van der Waals surface area contributed by atoms with E-state index in [-0.39, 0.29) is 0 Å². The number of hydrogen-bond donors (Lipinski definition) is 2. The Kier molecular flexibility index (Phi) is 5.29. The number of H-pyrrole nitrogens is 1. The minimum absolute atomic E-state index is 0.632. The maximum atomic E-state index is 12.1. The zero-order chi connectivity index (χ0) is 18.8. The molecule has 1 saturated heterocycles. The lowest BCUT2D eigenvalue weighted by Gasteiger charge is -2.37. The molecule has 5 nitrogen and oxygen atoms in total. The number of halogens is 1. The maximum absolute atomic E-state index is 12.1. The molecule has 0 spiro atoms. The van der Waals surface area contributed by atoms with E-state index in [4.69, 9.17) is 0 Å². The van der Waals surface area contributed by atoms with Gasteiger partial charge in [-0.05, 0) is 23.8 Å². The van der Waals surface area contributed by atoms with Crippen molar-refractivity contribution >= 4 is 32.8 Å². The molecule has 0 saturated carbocycles. The molecule has 1 atom stereocenters. The lowest BCUT2D eigenvalue weighted by molar-refractivity contribution is -0.144. The highest BCUT2D eigenvalue weighted by atomic mass is 79.9. The van der Waals surface area contributed by atoms with Gasteiger partial charge in [-0.3, -0.25) is 14.6 Å². The number of aromatic nitrogens is 1. The number of nitrogens with zero attached hydrogens (tertiary/aromatic N) is 2. The van der Waals surface area contributed by atoms with Crippen LogP contribution in [0.25, 0.3) is 10.9 Å². The topological polar surface area (TPSA) is 59.6 Å². The van der Waals surface area contributed by atoms with Crippen LogP contribution in [0.15, 0.2) is 59.2 Å². The highest BCUT2D eigenvalue weighted by Crippen LogP contribution is 2.31. The normalized spacial score (nSPS) is 17.2. The van der Waals surface area contributed by atoms with Gasteiger partial charge >= 0.3 is 5.97 Å². The molecule has 140 valence electrons. The number of fused-ring (bicyclic) bond motifs is 1. The zero-order valence-corrected chi connectivity index (χ0v) is 16.5. The van der Waals surface area contributed by atoms with E-state index in [1.165, 1.54) is 5.56 Å². The van der Waals surface area contributed by atoms with Crippen LogP contribution in [0.4, 0.5) is 0 Å². The van der Waals surface area contributed by atoms with Gasteiger partial charge < -0.3 is 10.1 Å². The first-order valence-electron chi connectivity index (χ1n) is 9.11. The average molecular weight is 428 g/mol. The van der Waals surface area contributed by atoms with E-state index in [0.29, 0.717) is 0 Å². The fourth-order valence-electron chi connectivity index (χ4n) is 3.85. The van der Waals surface area contributed by atoms with Crippen molar-refractivity contribution in [1.29, 1.82) is 0 Å². The quantitative estimate of drug-likeness (QED) is 0.648. The van der Waals surface area contributed by atoms with Gasteiger partial charge in [0.25, 0.3) is 0 Å². The second kappa shape index (κ2) is 7.84. The molecule has 27 heavy (non-hydrogen) atoms. The molecule has 4 rings (SSSR count). The summed E-state index contributed by atoms with van der Waals surface area (Å²) >= 11 is 3.49. The van der Waals surface area contributed by atoms with Gasteiger partial charge in [0, 0.05) is 59.9 Å². The molecule has 0 aliphatic carbocycles. The van der Waals surface area contributed by atoms with Crippen LogP contribution in [-0.2, 0) is 11.3 Å². The van der Waals surface area contributed by atoms with Crippen molar-refractivity contribution in [3.05, 3.63) is 70.3 Å². The molecule has 1 aromatic heterocycles. The largest absolute Gasteiger partial charge is 0.480 e.